The molecule has 0 fully saturated rings. The molecule has 0 radical (unpaired) electrons. The highest BCUT2D eigenvalue weighted by Crippen LogP contribution is 2.34. The van der Waals surface area contributed by atoms with Gasteiger partial charge in [0.15, 0.2) is 0 Å². The molecule has 1 aromatic carbocycles. The van der Waals surface area contributed by atoms with E-state index in [0.29, 0.717) is 0 Å². The summed E-state index contributed by atoms with van der Waals surface area (Å²) >= 11 is 2.36. The van der Waals surface area contributed by atoms with Crippen LogP contribution in [0.2, 0.25) is 0 Å². The fraction of sp³-hybridized carbons (Fsp3) is 0.368. The molecule has 0 bridgehead atoms. The zero-order chi connectivity index (χ0) is 17.8. The van der Waals surface area contributed by atoms with Crippen LogP contribution in [0, 0.1) is 5.41 Å². The van der Waals surface area contributed by atoms with E-state index in [9.17, 15) is 4.79 Å². The number of amides is 1. The number of pyridine rings is 1. The van der Waals surface area contributed by atoms with Crippen LogP contribution in [0.5, 0.6) is 0 Å². The molecule has 0 aliphatic rings. The molecule has 0 aliphatic heterocycles. The fourth-order valence-corrected chi connectivity index (χ4v) is 2.77. The first-order valence-corrected chi connectivity index (χ1v) is 9.02. The Morgan fingerprint density at radius 1 is 1.08 bits per heavy atom. The van der Waals surface area contributed by atoms with E-state index in [0.717, 1.165) is 17.8 Å². The van der Waals surface area contributed by atoms with Crippen LogP contribution in [-0.2, 0) is 14.9 Å². The van der Waals surface area contributed by atoms with Crippen molar-refractivity contribution in [3.8, 4) is 0 Å². The van der Waals surface area contributed by atoms with Crippen LogP contribution in [-0.4, -0.2) is 10.9 Å². The van der Waals surface area contributed by atoms with Crippen molar-refractivity contribution in [1.29, 1.82) is 0 Å². The van der Waals surface area contributed by atoms with Crippen LogP contribution in [0.15, 0.2) is 48.8 Å². The van der Waals surface area contributed by atoms with Crippen LogP contribution < -0.4 is 10.6 Å². The Balaban J connectivity index is 0.00000312. The summed E-state index contributed by atoms with van der Waals surface area (Å²) in [6.07, 6.45) is 3.51. The summed E-state index contributed by atoms with van der Waals surface area (Å²) in [5.41, 5.74) is 2.52. The lowest BCUT2D eigenvalue weighted by molar-refractivity contribution is -0.123. The van der Waals surface area contributed by atoms with E-state index in [4.69, 9.17) is 0 Å². The number of nitrogens with zero attached hydrogens (tertiary/aromatic N) is 1. The number of aromatic nitrogens is 1. The molecule has 1 heterocycles. The first-order chi connectivity index (χ1) is 11.2. The van der Waals surface area contributed by atoms with Gasteiger partial charge in [-0.25, -0.2) is 0 Å². The molecule has 2 N–H and O–H groups in total. The molecule has 2 rings (SSSR count). The van der Waals surface area contributed by atoms with Gasteiger partial charge in [0.2, 0.25) is 5.91 Å². The summed E-state index contributed by atoms with van der Waals surface area (Å²) in [7, 11) is 0. The third kappa shape index (κ3) is 7.02. The van der Waals surface area contributed by atoms with Gasteiger partial charge in [0.25, 0.3) is 0 Å². The van der Waals surface area contributed by atoms with Gasteiger partial charge in [0.05, 0.1) is 3.55 Å². The van der Waals surface area contributed by atoms with E-state index >= 15 is 0 Å². The summed E-state index contributed by atoms with van der Waals surface area (Å²) in [5, 5.41) is 6.57. The van der Waals surface area contributed by atoms with Gasteiger partial charge < -0.3 is 5.32 Å². The van der Waals surface area contributed by atoms with Crippen molar-refractivity contribution in [1.82, 2.24) is 10.3 Å². The van der Waals surface area contributed by atoms with Crippen LogP contribution >= 0.6 is 47.4 Å². The molecule has 0 spiro atoms. The zero-order valence-corrected chi connectivity index (χ0v) is 19.2. The quantitative estimate of drug-likeness (QED) is 0.326. The number of hydrogen-bond acceptors (Lipinski definition) is 3. The molecule has 7 heteroatoms. The number of benzene rings is 1. The van der Waals surface area contributed by atoms with Crippen LogP contribution in [0.3, 0.4) is 0 Å². The summed E-state index contributed by atoms with van der Waals surface area (Å²) in [4.78, 5) is 16.6. The lowest BCUT2D eigenvalue weighted by Gasteiger charge is -2.28. The Morgan fingerprint density at radius 3 is 2.27 bits per heavy atom. The van der Waals surface area contributed by atoms with Crippen LogP contribution in [0.25, 0.3) is 0 Å². The fourth-order valence-electron chi connectivity index (χ4n) is 2.15. The second kappa shape index (κ2) is 10.4. The maximum atomic E-state index is 12.3. The highest BCUT2D eigenvalue weighted by molar-refractivity contribution is 14.1. The van der Waals surface area contributed by atoms with Gasteiger partial charge in [-0.15, -0.1) is 24.8 Å². The minimum Gasteiger partial charge on any atom is -0.325 e. The number of rotatable bonds is 5. The van der Waals surface area contributed by atoms with Crippen molar-refractivity contribution >= 4 is 59.0 Å². The predicted octanol–water partition coefficient (Wildman–Crippen LogP) is 5.31. The molecule has 144 valence electrons. The van der Waals surface area contributed by atoms with Crippen molar-refractivity contribution in [2.75, 3.05) is 5.32 Å². The van der Waals surface area contributed by atoms with E-state index in [-0.39, 0.29) is 34.3 Å². The van der Waals surface area contributed by atoms with E-state index in [1.54, 1.807) is 6.20 Å². The van der Waals surface area contributed by atoms with Gasteiger partial charge in [0.1, 0.15) is 0 Å². The van der Waals surface area contributed by atoms with E-state index < -0.39 is 5.41 Å². The highest BCUT2D eigenvalue weighted by Gasteiger charge is 2.28. The van der Waals surface area contributed by atoms with E-state index in [1.165, 1.54) is 5.56 Å². The molecule has 1 aromatic heterocycles. The molecule has 2 aromatic rings. The largest absolute Gasteiger partial charge is 0.325 e. The number of anilines is 1. The minimum absolute atomic E-state index is 0. The zero-order valence-electron chi connectivity index (χ0n) is 15.4. The third-order valence-electron chi connectivity index (χ3n) is 3.72. The Morgan fingerprint density at radius 2 is 1.69 bits per heavy atom. The van der Waals surface area contributed by atoms with Crippen molar-refractivity contribution < 1.29 is 4.79 Å². The molecule has 0 aliphatic carbocycles. The molecule has 1 unspecified atom stereocenters. The molecular weight excluding hydrogens is 484 g/mol. The van der Waals surface area contributed by atoms with E-state index in [1.807, 2.05) is 51.2 Å². The number of hydrogen-bond donors (Lipinski definition) is 2. The molecule has 26 heavy (non-hydrogen) atoms. The Hall–Kier alpha value is -0.890. The van der Waals surface area contributed by atoms with Crippen molar-refractivity contribution in [3.63, 3.8) is 0 Å². The van der Waals surface area contributed by atoms with Gasteiger partial charge in [-0.1, -0.05) is 73.7 Å². The normalized spacial score (nSPS) is 13.0. The van der Waals surface area contributed by atoms with Crippen LogP contribution in [0.4, 0.5) is 5.69 Å². The molecule has 1 amide bonds. The van der Waals surface area contributed by atoms with E-state index in [2.05, 4.69) is 57.3 Å². The maximum absolute atomic E-state index is 12.3. The number of carbonyl (C=O) groups is 1. The highest BCUT2D eigenvalue weighted by atomic mass is 127. The first-order valence-electron chi connectivity index (χ1n) is 7.94. The van der Waals surface area contributed by atoms with Crippen LogP contribution in [0.1, 0.15) is 38.8 Å². The summed E-state index contributed by atoms with van der Waals surface area (Å²) < 4.78 is -0.359. The second-order valence-corrected chi connectivity index (χ2v) is 9.12. The second-order valence-electron chi connectivity index (χ2n) is 6.97. The van der Waals surface area contributed by atoms with Crippen molar-refractivity contribution in [2.24, 2.45) is 5.41 Å². The van der Waals surface area contributed by atoms with Gasteiger partial charge >= 0.3 is 0 Å². The minimum atomic E-state index is -0.445. The number of alkyl halides is 1. The smallest absolute Gasteiger partial charge is 0.229 e. The summed E-state index contributed by atoms with van der Waals surface area (Å²) in [6, 6.07) is 12.1. The Kier molecular flexibility index (Phi) is 10.1. The van der Waals surface area contributed by atoms with Gasteiger partial charge in [-0.3, -0.25) is 15.1 Å². The average molecular weight is 510 g/mol. The third-order valence-corrected chi connectivity index (χ3v) is 4.69. The van der Waals surface area contributed by atoms with Gasteiger partial charge in [0, 0.05) is 35.6 Å². The molecule has 4 nitrogen and oxygen atoms in total. The maximum Gasteiger partial charge on any atom is 0.229 e. The summed E-state index contributed by atoms with van der Waals surface area (Å²) in [5.74, 6) is -0.00907. The predicted molar refractivity (Wildman–Crippen MR) is 121 cm³/mol. The number of nitrogens with one attached hydrogen (secondary N) is 2. The lowest BCUT2D eigenvalue weighted by atomic mass is 9.95. The molecular formula is C19H26Cl2IN3O. The number of halogens is 3. The average Bonchev–Trinajstić information content (AvgIpc) is 2.53. The monoisotopic (exact) mass is 509 g/mol. The first kappa shape index (κ1) is 25.1. The Bertz CT molecular complexity index is 703. The summed E-state index contributed by atoms with van der Waals surface area (Å²) in [6.45, 7) is 8.53. The molecule has 0 saturated carbocycles. The Labute approximate surface area is 181 Å². The van der Waals surface area contributed by atoms with Crippen molar-refractivity contribution in [2.45, 2.75) is 37.8 Å². The number of carbonyl (C=O) groups excluding carboxylic acids is 1. The molecule has 1 atom stereocenters. The topological polar surface area (TPSA) is 54.0 Å². The SMILES string of the molecule is CC(C)(C)C(=O)Nc1ccncc1C(C)(I)NCc1ccccc1.Cl.Cl. The van der Waals surface area contributed by atoms with Gasteiger partial charge in [-0.2, -0.15) is 0 Å². The standard InChI is InChI=1S/C19H24IN3O.2ClH/c1-18(2,3)17(24)23-16-10-11-21-13-15(16)19(4,20)22-12-14-8-6-5-7-9-14;;/h5-11,13,22H,12H2,1-4H3,(H,21,23,24);2*1H. The van der Waals surface area contributed by atoms with Gasteiger partial charge in [-0.05, 0) is 18.6 Å². The van der Waals surface area contributed by atoms with Crippen molar-refractivity contribution in [3.05, 3.63) is 59.9 Å². The lowest BCUT2D eigenvalue weighted by Crippen LogP contribution is -2.35. The molecule has 0 saturated heterocycles.